The van der Waals surface area contributed by atoms with Crippen molar-refractivity contribution in [3.05, 3.63) is 0 Å². The maximum atomic E-state index is 8.24. The van der Waals surface area contributed by atoms with E-state index in [-0.39, 0.29) is 11.5 Å². The van der Waals surface area contributed by atoms with Gasteiger partial charge in [-0.1, -0.05) is 12.9 Å². The lowest BCUT2D eigenvalue weighted by Crippen LogP contribution is -2.44. The van der Waals surface area contributed by atoms with E-state index >= 15 is 0 Å². The predicted octanol–water partition coefficient (Wildman–Crippen LogP) is -1.14. The molecule has 0 saturated heterocycles. The maximum Gasteiger partial charge on any atom is 0.266 e. The maximum absolute atomic E-state index is 8.24. The van der Waals surface area contributed by atoms with Crippen LogP contribution in [0.1, 0.15) is 0 Å². The molecule has 0 unspecified atom stereocenters. The Morgan fingerprint density at radius 1 is 0.923 bits per heavy atom. The monoisotopic (exact) mass is 206 g/mol. The van der Waals surface area contributed by atoms with Gasteiger partial charge in [-0.2, -0.15) is 0 Å². The molecule has 6 heteroatoms. The predicted molar refractivity (Wildman–Crippen MR) is 54.0 cm³/mol. The Hall–Kier alpha value is -0.480. The van der Waals surface area contributed by atoms with Crippen molar-refractivity contribution in [2.24, 2.45) is 0 Å². The molecular weight excluding hydrogens is 188 g/mol. The summed E-state index contributed by atoms with van der Waals surface area (Å²) in [5.74, 6) is 0. The summed E-state index contributed by atoms with van der Waals surface area (Å²) in [6, 6.07) is 0. The van der Waals surface area contributed by atoms with Crippen molar-refractivity contribution < 1.29 is 5.11 Å². The number of nitrogens with zero attached hydrogens (tertiary/aromatic N) is 4. The smallest absolute Gasteiger partial charge is 0.266 e. The van der Waals surface area contributed by atoms with Gasteiger partial charge in [-0.15, -0.1) is 0 Å². The molecular formula is C7H18N4OS. The van der Waals surface area contributed by atoms with Gasteiger partial charge in [0.1, 0.15) is 0 Å². The molecule has 0 saturated carbocycles. The van der Waals surface area contributed by atoms with Gasteiger partial charge < -0.3 is 5.11 Å². The average molecular weight is 206 g/mol. The van der Waals surface area contributed by atoms with Crippen LogP contribution in [-0.2, 0) is 11.5 Å². The van der Waals surface area contributed by atoms with Crippen molar-refractivity contribution in [2.75, 3.05) is 42.3 Å². The Balaban J connectivity index is 0. The van der Waals surface area contributed by atoms with E-state index in [9.17, 15) is 0 Å². The molecule has 0 aromatic rings. The van der Waals surface area contributed by atoms with E-state index in [0.29, 0.717) is 6.26 Å². The van der Waals surface area contributed by atoms with Gasteiger partial charge in [0.15, 0.2) is 0 Å². The second-order valence-electron chi connectivity index (χ2n) is 2.77. The Morgan fingerprint density at radius 3 is 1.08 bits per heavy atom. The highest BCUT2D eigenvalue weighted by Crippen LogP contribution is 2.05. The van der Waals surface area contributed by atoms with Gasteiger partial charge in [0.25, 0.3) is 11.5 Å². The first-order valence-corrected chi connectivity index (χ1v) is 4.75. The van der Waals surface area contributed by atoms with Gasteiger partial charge in [-0.25, -0.2) is 5.26 Å². The van der Waals surface area contributed by atoms with Crippen LogP contribution in [0.15, 0.2) is 0 Å². The molecule has 0 aliphatic carbocycles. The van der Waals surface area contributed by atoms with Crippen LogP contribution in [0.4, 0.5) is 0 Å². The molecule has 0 bridgehead atoms. The Labute approximate surface area is 83.9 Å². The third kappa shape index (κ3) is 7.87. The SMILES string of the molecule is CN(C)[S+](N(C)C)N(C)C.N#C[O-]. The van der Waals surface area contributed by atoms with E-state index in [4.69, 9.17) is 10.4 Å². The second kappa shape index (κ2) is 8.13. The highest BCUT2D eigenvalue weighted by molar-refractivity contribution is 7.90. The molecule has 0 aromatic carbocycles. The third-order valence-electron chi connectivity index (χ3n) is 0.980. The summed E-state index contributed by atoms with van der Waals surface area (Å²) in [7, 11) is 12.5. The van der Waals surface area contributed by atoms with Crippen molar-refractivity contribution in [3.63, 3.8) is 0 Å². The minimum Gasteiger partial charge on any atom is -0.812 e. The van der Waals surface area contributed by atoms with Crippen LogP contribution in [0.3, 0.4) is 0 Å². The topological polar surface area (TPSA) is 56.6 Å². The van der Waals surface area contributed by atoms with Gasteiger partial charge in [-0.3, -0.25) is 0 Å². The Bertz CT molecular complexity index is 136. The van der Waals surface area contributed by atoms with Crippen LogP contribution >= 0.6 is 0 Å². The summed E-state index contributed by atoms with van der Waals surface area (Å²) in [5.41, 5.74) is 0. The number of rotatable bonds is 3. The lowest BCUT2D eigenvalue weighted by Gasteiger charge is -2.20. The van der Waals surface area contributed by atoms with Gasteiger partial charge in [0.05, 0.1) is 0 Å². The van der Waals surface area contributed by atoms with Crippen LogP contribution in [0.2, 0.25) is 0 Å². The largest absolute Gasteiger partial charge is 0.812 e. The first kappa shape index (κ1) is 15.0. The summed E-state index contributed by atoms with van der Waals surface area (Å²) in [6.45, 7) is 0. The van der Waals surface area contributed by atoms with Crippen LogP contribution in [0.5, 0.6) is 0 Å². The zero-order chi connectivity index (χ0) is 11.0. The van der Waals surface area contributed by atoms with Crippen LogP contribution in [-0.4, -0.2) is 55.2 Å². The molecule has 0 N–H and O–H groups in total. The van der Waals surface area contributed by atoms with Crippen molar-refractivity contribution in [2.45, 2.75) is 0 Å². The normalized spacial score (nSPS) is 10.2. The molecule has 13 heavy (non-hydrogen) atoms. The van der Waals surface area contributed by atoms with E-state index in [1.54, 1.807) is 0 Å². The lowest BCUT2D eigenvalue weighted by atomic mass is 11.2. The molecule has 0 aromatic heterocycles. The molecule has 0 fully saturated rings. The molecule has 0 spiro atoms. The van der Waals surface area contributed by atoms with Gasteiger partial charge >= 0.3 is 0 Å². The molecule has 0 amide bonds. The fraction of sp³-hybridized carbons (Fsp3) is 0.857. The number of hydrogen-bond donors (Lipinski definition) is 0. The zero-order valence-corrected chi connectivity index (χ0v) is 9.92. The summed E-state index contributed by atoms with van der Waals surface area (Å²) < 4.78 is 6.58. The van der Waals surface area contributed by atoms with Crippen LogP contribution in [0, 0.1) is 11.5 Å². The van der Waals surface area contributed by atoms with Gasteiger partial charge in [-0.05, 0) is 0 Å². The van der Waals surface area contributed by atoms with Crippen molar-refractivity contribution in [3.8, 4) is 6.26 Å². The van der Waals surface area contributed by atoms with Gasteiger partial charge in [0.2, 0.25) is 0 Å². The molecule has 0 rings (SSSR count). The van der Waals surface area contributed by atoms with Crippen molar-refractivity contribution in [1.82, 2.24) is 12.9 Å². The Morgan fingerprint density at radius 2 is 1.08 bits per heavy atom. The van der Waals surface area contributed by atoms with Crippen molar-refractivity contribution in [1.29, 1.82) is 5.26 Å². The molecule has 78 valence electrons. The van der Waals surface area contributed by atoms with E-state index in [1.165, 1.54) is 0 Å². The third-order valence-corrected chi connectivity index (χ3v) is 2.94. The minimum absolute atomic E-state index is 0.120. The summed E-state index contributed by atoms with van der Waals surface area (Å²) >= 11 is 0.120. The summed E-state index contributed by atoms with van der Waals surface area (Å²) in [4.78, 5) is 0. The molecule has 0 atom stereocenters. The zero-order valence-electron chi connectivity index (χ0n) is 9.11. The first-order valence-electron chi connectivity index (χ1n) is 3.66. The Kier molecular flexibility index (Phi) is 9.39. The van der Waals surface area contributed by atoms with Crippen molar-refractivity contribution >= 4 is 11.5 Å². The summed E-state index contributed by atoms with van der Waals surface area (Å²) in [5, 5.41) is 15.0. The van der Waals surface area contributed by atoms with Gasteiger partial charge in [0, 0.05) is 48.5 Å². The first-order chi connectivity index (χ1) is 5.88. The average Bonchev–Trinajstić information content (AvgIpc) is 1.84. The minimum atomic E-state index is 0.120. The molecule has 0 radical (unpaired) electrons. The molecule has 5 nitrogen and oxygen atoms in total. The second-order valence-corrected chi connectivity index (χ2v) is 5.45. The molecule has 0 heterocycles. The molecule has 0 aliphatic rings. The number of hydrogen-bond acceptors (Lipinski definition) is 5. The van der Waals surface area contributed by atoms with E-state index in [1.807, 2.05) is 0 Å². The standard InChI is InChI=1S/C6H18N3S.CHNO/c1-7(2)10(8(3)4)9(5)6;2-1-3/h1-6H3;3H/q+1;/p-1. The lowest BCUT2D eigenvalue weighted by molar-refractivity contribution is -0.252. The fourth-order valence-corrected chi connectivity index (χ4v) is 2.94. The highest BCUT2D eigenvalue weighted by Gasteiger charge is 2.29. The van der Waals surface area contributed by atoms with E-state index in [2.05, 4.69) is 55.2 Å². The molecule has 0 aliphatic heterocycles. The summed E-state index contributed by atoms with van der Waals surface area (Å²) in [6.07, 6.45) is 0.500. The van der Waals surface area contributed by atoms with Crippen LogP contribution in [0.25, 0.3) is 0 Å². The fourth-order valence-electron chi connectivity index (χ4n) is 0.980. The number of nitriles is 1. The van der Waals surface area contributed by atoms with E-state index < -0.39 is 0 Å². The highest BCUT2D eigenvalue weighted by atomic mass is 32.2. The van der Waals surface area contributed by atoms with E-state index in [0.717, 1.165) is 0 Å². The van der Waals surface area contributed by atoms with Crippen LogP contribution < -0.4 is 5.11 Å². The quantitative estimate of drug-likeness (QED) is 0.432.